The molecule has 0 unspecified atom stereocenters. The number of nitrogens with one attached hydrogen (secondary N) is 2. The number of aryl methyl sites for hydroxylation is 1. The lowest BCUT2D eigenvalue weighted by Crippen LogP contribution is -2.40. The van der Waals surface area contributed by atoms with Crippen LogP contribution in [-0.2, 0) is 9.59 Å². The highest BCUT2D eigenvalue weighted by atomic mass is 16.3. The van der Waals surface area contributed by atoms with Crippen molar-refractivity contribution in [3.8, 4) is 0 Å². The van der Waals surface area contributed by atoms with E-state index in [9.17, 15) is 9.59 Å². The van der Waals surface area contributed by atoms with Gasteiger partial charge in [-0.3, -0.25) is 9.59 Å². The highest BCUT2D eigenvalue weighted by Gasteiger charge is 2.43. The Morgan fingerprint density at radius 2 is 1.79 bits per heavy atom. The zero-order valence-electron chi connectivity index (χ0n) is 19.7. The third kappa shape index (κ3) is 4.23. The minimum absolute atomic E-state index is 0.0610. The first-order valence-electron chi connectivity index (χ1n) is 11.6. The van der Waals surface area contributed by atoms with E-state index in [2.05, 4.69) is 24.5 Å². The van der Waals surface area contributed by atoms with Gasteiger partial charge in [0.05, 0.1) is 17.9 Å². The molecule has 5 rings (SSSR count). The van der Waals surface area contributed by atoms with Crippen molar-refractivity contribution >= 4 is 28.8 Å². The highest BCUT2D eigenvalue weighted by molar-refractivity contribution is 6.02. The van der Waals surface area contributed by atoms with E-state index >= 15 is 0 Å². The number of hydrogen-bond acceptors (Lipinski definition) is 5. The van der Waals surface area contributed by atoms with Crippen LogP contribution in [0.5, 0.6) is 0 Å². The molecule has 3 aromatic rings. The maximum atomic E-state index is 13.6. The number of nitrogens with zero attached hydrogens (tertiary/aromatic N) is 1. The van der Waals surface area contributed by atoms with Gasteiger partial charge in [-0.05, 0) is 55.2 Å². The van der Waals surface area contributed by atoms with E-state index in [-0.39, 0.29) is 23.7 Å². The number of anilines is 3. The Balaban J connectivity index is 1.63. The Hall–Kier alpha value is -3.80. The van der Waals surface area contributed by atoms with E-state index in [1.807, 2.05) is 78.6 Å². The van der Waals surface area contributed by atoms with Gasteiger partial charge in [0.1, 0.15) is 17.6 Å². The number of para-hydroxylation sites is 3. The molecule has 2 aliphatic rings. The lowest BCUT2D eigenvalue weighted by Gasteiger charge is -2.36. The fraction of sp³-hybridized carbons (Fsp3) is 0.286. The molecule has 6 nitrogen and oxygen atoms in total. The number of carbonyl (C=O) groups is 2. The second kappa shape index (κ2) is 8.52. The molecule has 2 N–H and O–H groups in total. The van der Waals surface area contributed by atoms with E-state index in [0.717, 1.165) is 34.9 Å². The van der Waals surface area contributed by atoms with Crippen molar-refractivity contribution in [2.24, 2.45) is 5.41 Å². The van der Waals surface area contributed by atoms with Crippen LogP contribution in [0, 0.1) is 12.3 Å². The molecule has 0 bridgehead atoms. The third-order valence-corrected chi connectivity index (χ3v) is 6.41. The van der Waals surface area contributed by atoms with E-state index in [4.69, 9.17) is 4.42 Å². The molecule has 2 heterocycles. The van der Waals surface area contributed by atoms with Crippen molar-refractivity contribution in [3.05, 3.63) is 89.5 Å². The van der Waals surface area contributed by atoms with Crippen LogP contribution >= 0.6 is 0 Å². The predicted octanol–water partition coefficient (Wildman–Crippen LogP) is 5.84. The molecular formula is C28H29N3O3. The number of amides is 1. The number of Topliss-reactive ketones (excluding diaryl/α,β-unsaturated/α-hetero) is 1. The standard InChI is InChI=1S/C28H29N3O3/c1-18-13-14-24(34-18)27-26-21(15-28(2,3)16-23(26)32)30-20-11-7-8-12-22(20)31(27)17-25(33)29-19-9-5-4-6-10-19/h4-14,27,30H,15-17H2,1-3H3,(H,29,33)/t27-/m0/s1. The van der Waals surface area contributed by atoms with Crippen molar-refractivity contribution in [2.45, 2.75) is 39.7 Å². The first-order valence-corrected chi connectivity index (χ1v) is 11.6. The van der Waals surface area contributed by atoms with Crippen molar-refractivity contribution in [2.75, 3.05) is 22.1 Å². The summed E-state index contributed by atoms with van der Waals surface area (Å²) < 4.78 is 6.09. The Bertz CT molecular complexity index is 1270. The summed E-state index contributed by atoms with van der Waals surface area (Å²) in [4.78, 5) is 28.8. The second-order valence-electron chi connectivity index (χ2n) is 9.87. The van der Waals surface area contributed by atoms with E-state index in [0.29, 0.717) is 17.8 Å². The van der Waals surface area contributed by atoms with Gasteiger partial charge in [0.2, 0.25) is 5.91 Å². The summed E-state index contributed by atoms with van der Waals surface area (Å²) >= 11 is 0. The molecule has 0 radical (unpaired) electrons. The Morgan fingerprint density at radius 3 is 2.53 bits per heavy atom. The van der Waals surface area contributed by atoms with Gasteiger partial charge in [-0.1, -0.05) is 44.2 Å². The summed E-state index contributed by atoms with van der Waals surface area (Å²) in [7, 11) is 0. The molecule has 1 aliphatic carbocycles. The van der Waals surface area contributed by atoms with Crippen molar-refractivity contribution in [1.82, 2.24) is 0 Å². The number of carbonyl (C=O) groups excluding carboxylic acids is 2. The molecule has 1 amide bonds. The zero-order chi connectivity index (χ0) is 23.9. The molecule has 2 aromatic carbocycles. The molecule has 6 heteroatoms. The summed E-state index contributed by atoms with van der Waals surface area (Å²) in [5.74, 6) is 1.34. The Kier molecular flexibility index (Phi) is 5.52. The summed E-state index contributed by atoms with van der Waals surface area (Å²) in [5, 5.41) is 6.53. The SMILES string of the molecule is Cc1ccc([C@H]2C3=C(CC(C)(C)CC3=O)Nc3ccccc3N2CC(=O)Nc2ccccc2)o1. The molecule has 174 valence electrons. The predicted molar refractivity (Wildman–Crippen MR) is 134 cm³/mol. The number of allylic oxidation sites excluding steroid dienone is 1. The number of furan rings is 1. The summed E-state index contributed by atoms with van der Waals surface area (Å²) in [6.45, 7) is 6.18. The normalized spacial score (nSPS) is 19.1. The number of hydrogen-bond donors (Lipinski definition) is 2. The molecule has 1 aliphatic heterocycles. The molecule has 0 saturated heterocycles. The minimum Gasteiger partial charge on any atom is -0.464 e. The van der Waals surface area contributed by atoms with Crippen molar-refractivity contribution < 1.29 is 14.0 Å². The topological polar surface area (TPSA) is 74.6 Å². The first kappa shape index (κ1) is 22.0. The van der Waals surface area contributed by atoms with E-state index in [1.54, 1.807) is 0 Å². The Labute approximate surface area is 199 Å². The van der Waals surface area contributed by atoms with Crippen molar-refractivity contribution in [3.63, 3.8) is 0 Å². The van der Waals surface area contributed by atoms with Gasteiger partial charge < -0.3 is 20.0 Å². The van der Waals surface area contributed by atoms with Crippen LogP contribution in [0.15, 0.2) is 82.4 Å². The molecule has 0 spiro atoms. The van der Waals surface area contributed by atoms with Crippen LogP contribution in [0.25, 0.3) is 0 Å². The average molecular weight is 456 g/mol. The first-order chi connectivity index (χ1) is 16.3. The van der Waals surface area contributed by atoms with Gasteiger partial charge in [-0.25, -0.2) is 0 Å². The van der Waals surface area contributed by atoms with Crippen LogP contribution in [0.4, 0.5) is 17.1 Å². The minimum atomic E-state index is -0.509. The third-order valence-electron chi connectivity index (χ3n) is 6.41. The van der Waals surface area contributed by atoms with Gasteiger partial charge >= 0.3 is 0 Å². The van der Waals surface area contributed by atoms with Crippen LogP contribution in [0.1, 0.15) is 44.3 Å². The van der Waals surface area contributed by atoms with Crippen molar-refractivity contribution in [1.29, 1.82) is 0 Å². The van der Waals surface area contributed by atoms with Crippen LogP contribution in [-0.4, -0.2) is 18.2 Å². The Morgan fingerprint density at radius 1 is 1.06 bits per heavy atom. The van der Waals surface area contributed by atoms with Gasteiger partial charge in [0.15, 0.2) is 5.78 Å². The number of ketones is 1. The zero-order valence-corrected chi connectivity index (χ0v) is 19.7. The number of rotatable bonds is 4. The van der Waals surface area contributed by atoms with Gasteiger partial charge in [-0.2, -0.15) is 0 Å². The smallest absolute Gasteiger partial charge is 0.243 e. The molecular weight excluding hydrogens is 426 g/mol. The van der Waals surface area contributed by atoms with Crippen LogP contribution < -0.4 is 15.5 Å². The summed E-state index contributed by atoms with van der Waals surface area (Å²) in [5.41, 5.74) is 3.88. The summed E-state index contributed by atoms with van der Waals surface area (Å²) in [6, 6.07) is 20.6. The lowest BCUT2D eigenvalue weighted by molar-refractivity contribution is -0.119. The van der Waals surface area contributed by atoms with Gasteiger partial charge in [0.25, 0.3) is 0 Å². The molecule has 0 saturated carbocycles. The van der Waals surface area contributed by atoms with Gasteiger partial charge in [0, 0.05) is 23.4 Å². The molecule has 1 aromatic heterocycles. The van der Waals surface area contributed by atoms with Crippen LogP contribution in [0.3, 0.4) is 0 Å². The van der Waals surface area contributed by atoms with Crippen LogP contribution in [0.2, 0.25) is 0 Å². The number of fused-ring (bicyclic) bond motifs is 1. The fourth-order valence-electron chi connectivity index (χ4n) is 5.00. The molecule has 0 fully saturated rings. The second-order valence-corrected chi connectivity index (χ2v) is 9.87. The average Bonchev–Trinajstić information content (AvgIpc) is 3.15. The summed E-state index contributed by atoms with van der Waals surface area (Å²) in [6.07, 6.45) is 1.19. The number of benzene rings is 2. The quantitative estimate of drug-likeness (QED) is 0.517. The maximum absolute atomic E-state index is 13.6. The lowest BCUT2D eigenvalue weighted by atomic mass is 9.74. The van der Waals surface area contributed by atoms with E-state index in [1.165, 1.54) is 0 Å². The monoisotopic (exact) mass is 455 g/mol. The largest absolute Gasteiger partial charge is 0.464 e. The maximum Gasteiger partial charge on any atom is 0.243 e. The van der Waals surface area contributed by atoms with Gasteiger partial charge in [-0.15, -0.1) is 0 Å². The molecule has 34 heavy (non-hydrogen) atoms. The highest BCUT2D eigenvalue weighted by Crippen LogP contribution is 2.48. The molecule has 1 atom stereocenters. The van der Waals surface area contributed by atoms with E-state index < -0.39 is 6.04 Å². The fourth-order valence-corrected chi connectivity index (χ4v) is 5.00.